The molecule has 69 valence electrons. The molecule has 0 fully saturated rings. The third-order valence-electron chi connectivity index (χ3n) is 0. The average Bonchev–Trinajstić information content (AvgIpc) is 0. The van der Waals surface area contributed by atoms with E-state index in [9.17, 15) is 0 Å². The van der Waals surface area contributed by atoms with Crippen molar-refractivity contribution in [2.45, 2.75) is 0 Å². The van der Waals surface area contributed by atoms with Crippen molar-refractivity contribution >= 4 is 27.0 Å². The Morgan fingerprint density at radius 3 is 0.556 bits per heavy atom. The second-order valence-electron chi connectivity index (χ2n) is 0. The second kappa shape index (κ2) is 141. The van der Waals surface area contributed by atoms with Gasteiger partial charge in [0, 0.05) is 51.2 Å². The Hall–Kier alpha value is 2.66. The molecule has 0 saturated carbocycles. The zero-order valence-electron chi connectivity index (χ0n) is 3.77. The van der Waals surface area contributed by atoms with Crippen LogP contribution in [0.4, 0.5) is 0 Å². The van der Waals surface area contributed by atoms with Gasteiger partial charge in [-0.1, -0.05) is 0 Å². The molecule has 0 aromatic carbocycles. The van der Waals surface area contributed by atoms with Gasteiger partial charge in [0.15, 0.2) is 0 Å². The van der Waals surface area contributed by atoms with E-state index in [4.69, 9.17) is 0 Å². The Kier molecular flexibility index (Phi) is 2930. The molecular formula is H7Fe4O3S2. The minimum atomic E-state index is 0. The maximum atomic E-state index is 0. The summed E-state index contributed by atoms with van der Waals surface area (Å²) in [7, 11) is 0. The first kappa shape index (κ1) is 187. The molecule has 9 heavy (non-hydrogen) atoms. The van der Waals surface area contributed by atoms with E-state index in [0.29, 0.717) is 0 Å². The molecule has 0 unspecified atom stereocenters. The first-order valence-corrected chi connectivity index (χ1v) is 0. The van der Waals surface area contributed by atoms with Crippen molar-refractivity contribution in [1.82, 2.24) is 0 Å². The zero-order chi connectivity index (χ0) is 0. The molecule has 0 aliphatic rings. The van der Waals surface area contributed by atoms with Gasteiger partial charge in [0.05, 0.1) is 0 Å². The topological polar surface area (TPSA) is 94.5 Å². The van der Waals surface area contributed by atoms with Crippen LogP contribution in [0.2, 0.25) is 0 Å². The van der Waals surface area contributed by atoms with Crippen LogP contribution in [-0.2, 0) is 95.3 Å². The van der Waals surface area contributed by atoms with Gasteiger partial charge in [-0.2, -0.15) is 0 Å². The summed E-state index contributed by atoms with van der Waals surface area (Å²) in [6.45, 7) is 0. The molecule has 0 aromatic rings. The Balaban J connectivity index is 0. The van der Waals surface area contributed by atoms with E-state index in [1.54, 1.807) is 0 Å². The summed E-state index contributed by atoms with van der Waals surface area (Å²) in [5.74, 6) is 0. The molecule has 0 saturated heterocycles. The monoisotopic (exact) mass is 343 g/mol. The summed E-state index contributed by atoms with van der Waals surface area (Å²) in [5.41, 5.74) is 0. The number of hydrogen-bond acceptors (Lipinski definition) is 2. The SMILES string of the molecule is O.O.O.[Fe+2].[Fe].[Fe].[Fe].[S-].[SH-]. The summed E-state index contributed by atoms with van der Waals surface area (Å²) in [6, 6.07) is 0. The third-order valence-corrected chi connectivity index (χ3v) is 0. The fourth-order valence-corrected chi connectivity index (χ4v) is 0. The molecule has 0 spiro atoms. The average molecular weight is 343 g/mol. The van der Waals surface area contributed by atoms with Crippen LogP contribution >= 0.6 is 0 Å². The summed E-state index contributed by atoms with van der Waals surface area (Å²) in [6.07, 6.45) is 0. The predicted molar refractivity (Wildman–Crippen MR) is 27.0 cm³/mol. The molecular weight excluding hydrogens is 336 g/mol. The fourth-order valence-electron chi connectivity index (χ4n) is 0. The standard InChI is InChI=1S/4Fe.3H2O.H2S.S/h;;;;4*1H2;/q;;;+2;;;;;-1/p-1. The Labute approximate surface area is 111 Å². The first-order valence-electron chi connectivity index (χ1n) is 0. The van der Waals surface area contributed by atoms with E-state index in [2.05, 4.69) is 0 Å². The van der Waals surface area contributed by atoms with Crippen LogP contribution in [0.1, 0.15) is 0 Å². The maximum Gasteiger partial charge on any atom is 2.00 e. The van der Waals surface area contributed by atoms with Crippen molar-refractivity contribution in [2.75, 3.05) is 0 Å². The molecule has 0 aliphatic heterocycles. The molecule has 0 atom stereocenters. The second-order valence-corrected chi connectivity index (χ2v) is 0. The van der Waals surface area contributed by atoms with Crippen LogP contribution in [0.25, 0.3) is 0 Å². The normalized spacial score (nSPS) is 0. The Morgan fingerprint density at radius 2 is 0.556 bits per heavy atom. The summed E-state index contributed by atoms with van der Waals surface area (Å²) >= 11 is 0. The van der Waals surface area contributed by atoms with E-state index in [0.717, 1.165) is 0 Å². The molecule has 0 rings (SSSR count). The maximum absolute atomic E-state index is 0. The van der Waals surface area contributed by atoms with Crippen LogP contribution in [-0.4, -0.2) is 16.4 Å². The smallest absolute Gasteiger partial charge is 1.00 e. The van der Waals surface area contributed by atoms with Crippen LogP contribution in [0.3, 0.4) is 0 Å². The minimum absolute atomic E-state index is 0. The summed E-state index contributed by atoms with van der Waals surface area (Å²) in [4.78, 5) is 0. The van der Waals surface area contributed by atoms with Crippen LogP contribution in [0.15, 0.2) is 0 Å². The van der Waals surface area contributed by atoms with Gasteiger partial charge in [0.1, 0.15) is 0 Å². The summed E-state index contributed by atoms with van der Waals surface area (Å²) < 4.78 is 0. The van der Waals surface area contributed by atoms with Gasteiger partial charge in [0.2, 0.25) is 0 Å². The van der Waals surface area contributed by atoms with Gasteiger partial charge in [0.25, 0.3) is 0 Å². The molecule has 0 aromatic heterocycles. The number of hydrogen-bond donors (Lipinski definition) is 0. The van der Waals surface area contributed by atoms with Crippen molar-refractivity contribution in [2.24, 2.45) is 0 Å². The van der Waals surface area contributed by atoms with Crippen molar-refractivity contribution in [3.05, 3.63) is 0 Å². The van der Waals surface area contributed by atoms with Gasteiger partial charge >= 0.3 is 17.1 Å². The van der Waals surface area contributed by atoms with Crippen molar-refractivity contribution < 1.29 is 84.7 Å². The Morgan fingerprint density at radius 1 is 0.556 bits per heavy atom. The molecule has 9 heteroatoms. The number of rotatable bonds is 0. The van der Waals surface area contributed by atoms with Gasteiger partial charge < -0.3 is 43.4 Å². The largest absolute Gasteiger partial charge is 2.00 e. The first-order chi connectivity index (χ1) is 0. The van der Waals surface area contributed by atoms with Gasteiger partial charge in [-0.05, 0) is 0 Å². The zero-order valence-corrected chi connectivity index (χ0v) is 9.90. The molecule has 1 radical (unpaired) electrons. The van der Waals surface area contributed by atoms with Gasteiger partial charge in [-0.15, -0.1) is 0 Å². The third kappa shape index (κ3) is 113. The molecule has 0 amide bonds. The van der Waals surface area contributed by atoms with Crippen molar-refractivity contribution in [1.29, 1.82) is 0 Å². The van der Waals surface area contributed by atoms with Crippen LogP contribution < -0.4 is 0 Å². The van der Waals surface area contributed by atoms with E-state index in [1.807, 2.05) is 0 Å². The molecule has 0 heterocycles. The summed E-state index contributed by atoms with van der Waals surface area (Å²) in [5, 5.41) is 0. The molecule has 0 aliphatic carbocycles. The quantitative estimate of drug-likeness (QED) is 0.266. The van der Waals surface area contributed by atoms with Crippen molar-refractivity contribution in [3.8, 4) is 0 Å². The Bertz CT molecular complexity index is 13.8. The minimum Gasteiger partial charge on any atom is -1.00 e. The van der Waals surface area contributed by atoms with E-state index in [1.165, 1.54) is 0 Å². The predicted octanol–water partition coefficient (Wildman–Crippen LogP) is -2.76. The fraction of sp³-hybridized carbons (Fsp3) is 0. The van der Waals surface area contributed by atoms with E-state index >= 15 is 0 Å². The van der Waals surface area contributed by atoms with E-state index in [-0.39, 0.29) is 112 Å². The molecule has 6 N–H and O–H groups in total. The number of thiol groups is 1. The van der Waals surface area contributed by atoms with Gasteiger partial charge in [-0.25, -0.2) is 0 Å². The van der Waals surface area contributed by atoms with Crippen molar-refractivity contribution in [3.63, 3.8) is 0 Å². The van der Waals surface area contributed by atoms with Gasteiger partial charge in [-0.3, -0.25) is 0 Å². The van der Waals surface area contributed by atoms with Crippen LogP contribution in [0.5, 0.6) is 0 Å². The molecule has 0 bridgehead atoms. The van der Waals surface area contributed by atoms with E-state index < -0.39 is 0 Å². The van der Waals surface area contributed by atoms with Crippen LogP contribution in [0, 0.1) is 0 Å². The molecule has 3 nitrogen and oxygen atoms in total.